The van der Waals surface area contributed by atoms with Gasteiger partial charge in [-0.3, -0.25) is 4.79 Å². The van der Waals surface area contributed by atoms with Gasteiger partial charge in [-0.2, -0.15) is 0 Å². The summed E-state index contributed by atoms with van der Waals surface area (Å²) < 4.78 is 0. The van der Waals surface area contributed by atoms with E-state index in [2.05, 4.69) is 24.4 Å². The molecule has 21 heavy (non-hydrogen) atoms. The number of hydrogen-bond donors (Lipinski definition) is 1. The molecule has 0 spiro atoms. The first kappa shape index (κ1) is 15.1. The predicted octanol–water partition coefficient (Wildman–Crippen LogP) is 3.04. The number of nitrogens with zero attached hydrogens (tertiary/aromatic N) is 1. The molecule has 0 saturated heterocycles. The standard InChI is InChI=1S/C18H22N2O/c1-15(16-9-5-3-6-10-16)13-19-18(21)14-20(2)17-11-7-4-8-12-17/h3-12,15H,13-14H2,1-2H3,(H,19,21)/t15-/m1/s1. The summed E-state index contributed by atoms with van der Waals surface area (Å²) in [5.74, 6) is 0.362. The topological polar surface area (TPSA) is 32.3 Å². The van der Waals surface area contributed by atoms with Crippen LogP contribution >= 0.6 is 0 Å². The van der Waals surface area contributed by atoms with Crippen LogP contribution in [0.1, 0.15) is 18.4 Å². The van der Waals surface area contributed by atoms with Crippen molar-refractivity contribution >= 4 is 11.6 Å². The number of anilines is 1. The number of amides is 1. The Morgan fingerprint density at radius 3 is 2.24 bits per heavy atom. The summed E-state index contributed by atoms with van der Waals surface area (Å²) in [6, 6.07) is 20.2. The Labute approximate surface area is 126 Å². The Kier molecular flexibility index (Phi) is 5.38. The van der Waals surface area contributed by atoms with Gasteiger partial charge in [0.15, 0.2) is 0 Å². The number of likely N-dealkylation sites (N-methyl/N-ethyl adjacent to an activating group) is 1. The molecule has 1 amide bonds. The highest BCUT2D eigenvalue weighted by atomic mass is 16.2. The first-order valence-corrected chi connectivity index (χ1v) is 7.24. The third kappa shape index (κ3) is 4.63. The summed E-state index contributed by atoms with van der Waals surface area (Å²) in [6.07, 6.45) is 0. The zero-order valence-electron chi connectivity index (χ0n) is 12.6. The lowest BCUT2D eigenvalue weighted by atomic mass is 10.0. The molecule has 0 aliphatic heterocycles. The number of para-hydroxylation sites is 1. The van der Waals surface area contributed by atoms with Crippen LogP contribution in [0.3, 0.4) is 0 Å². The molecular weight excluding hydrogens is 260 g/mol. The molecule has 0 aliphatic rings. The van der Waals surface area contributed by atoms with Crippen molar-refractivity contribution < 1.29 is 4.79 Å². The average molecular weight is 282 g/mol. The van der Waals surface area contributed by atoms with Gasteiger partial charge in [-0.05, 0) is 23.6 Å². The van der Waals surface area contributed by atoms with Gasteiger partial charge in [0.2, 0.25) is 5.91 Å². The molecule has 0 bridgehead atoms. The first-order valence-electron chi connectivity index (χ1n) is 7.24. The minimum Gasteiger partial charge on any atom is -0.365 e. The fraction of sp³-hybridized carbons (Fsp3) is 0.278. The van der Waals surface area contributed by atoms with Crippen LogP contribution in [-0.4, -0.2) is 26.0 Å². The van der Waals surface area contributed by atoms with Crippen LogP contribution in [0.4, 0.5) is 5.69 Å². The molecule has 0 aliphatic carbocycles. The van der Waals surface area contributed by atoms with Crippen molar-refractivity contribution in [3.8, 4) is 0 Å². The molecule has 3 nitrogen and oxygen atoms in total. The molecule has 0 saturated carbocycles. The predicted molar refractivity (Wildman–Crippen MR) is 87.6 cm³/mol. The fourth-order valence-electron chi connectivity index (χ4n) is 2.21. The average Bonchev–Trinajstić information content (AvgIpc) is 2.54. The Morgan fingerprint density at radius 1 is 1.05 bits per heavy atom. The van der Waals surface area contributed by atoms with E-state index in [9.17, 15) is 4.79 Å². The van der Waals surface area contributed by atoms with Crippen molar-refractivity contribution in [2.45, 2.75) is 12.8 Å². The molecule has 0 unspecified atom stereocenters. The summed E-state index contributed by atoms with van der Waals surface area (Å²) in [6.45, 7) is 3.15. The molecule has 110 valence electrons. The second-order valence-electron chi connectivity index (χ2n) is 5.31. The zero-order chi connectivity index (χ0) is 15.1. The molecular formula is C18H22N2O. The maximum Gasteiger partial charge on any atom is 0.239 e. The maximum absolute atomic E-state index is 12.0. The molecule has 0 aromatic heterocycles. The van der Waals surface area contributed by atoms with Crippen molar-refractivity contribution in [1.82, 2.24) is 5.32 Å². The van der Waals surface area contributed by atoms with Gasteiger partial charge in [-0.25, -0.2) is 0 Å². The lowest BCUT2D eigenvalue weighted by Crippen LogP contribution is -2.36. The Hall–Kier alpha value is -2.29. The van der Waals surface area contributed by atoms with Crippen LogP contribution in [0.5, 0.6) is 0 Å². The van der Waals surface area contributed by atoms with E-state index in [-0.39, 0.29) is 5.91 Å². The first-order chi connectivity index (χ1) is 10.2. The van der Waals surface area contributed by atoms with Crippen LogP contribution in [0.25, 0.3) is 0 Å². The van der Waals surface area contributed by atoms with Crippen molar-refractivity contribution in [3.63, 3.8) is 0 Å². The van der Waals surface area contributed by atoms with Crippen molar-refractivity contribution in [2.75, 3.05) is 25.0 Å². The van der Waals surface area contributed by atoms with Crippen LogP contribution < -0.4 is 10.2 Å². The van der Waals surface area contributed by atoms with E-state index in [0.29, 0.717) is 19.0 Å². The van der Waals surface area contributed by atoms with Gasteiger partial charge in [0.1, 0.15) is 0 Å². The normalized spacial score (nSPS) is 11.7. The summed E-state index contributed by atoms with van der Waals surface area (Å²) >= 11 is 0. The second kappa shape index (κ2) is 7.48. The van der Waals surface area contributed by atoms with E-state index >= 15 is 0 Å². The van der Waals surface area contributed by atoms with E-state index in [1.54, 1.807) is 0 Å². The lowest BCUT2D eigenvalue weighted by Gasteiger charge is -2.19. The van der Waals surface area contributed by atoms with Gasteiger partial charge < -0.3 is 10.2 Å². The summed E-state index contributed by atoms with van der Waals surface area (Å²) in [7, 11) is 1.93. The number of nitrogens with one attached hydrogen (secondary N) is 1. The van der Waals surface area contributed by atoms with Crippen LogP contribution in [0.2, 0.25) is 0 Å². The highest BCUT2D eigenvalue weighted by Crippen LogP contribution is 2.13. The number of carbonyl (C=O) groups is 1. The molecule has 2 aromatic carbocycles. The Bertz CT molecular complexity index is 554. The molecule has 0 radical (unpaired) electrons. The zero-order valence-corrected chi connectivity index (χ0v) is 12.6. The number of benzene rings is 2. The van der Waals surface area contributed by atoms with E-state index < -0.39 is 0 Å². The Balaban J connectivity index is 1.80. The summed E-state index contributed by atoms with van der Waals surface area (Å²) in [5, 5.41) is 3.00. The van der Waals surface area contributed by atoms with E-state index in [4.69, 9.17) is 0 Å². The molecule has 3 heteroatoms. The van der Waals surface area contributed by atoms with Gasteiger partial charge in [0.25, 0.3) is 0 Å². The van der Waals surface area contributed by atoms with Gasteiger partial charge in [0.05, 0.1) is 6.54 Å². The minimum atomic E-state index is 0.0455. The minimum absolute atomic E-state index is 0.0455. The van der Waals surface area contributed by atoms with Crippen LogP contribution in [0, 0.1) is 0 Å². The van der Waals surface area contributed by atoms with E-state index in [1.807, 2.05) is 60.5 Å². The van der Waals surface area contributed by atoms with Crippen molar-refractivity contribution in [2.24, 2.45) is 0 Å². The molecule has 1 atom stereocenters. The summed E-state index contributed by atoms with van der Waals surface area (Å²) in [5.41, 5.74) is 2.29. The highest BCUT2D eigenvalue weighted by molar-refractivity contribution is 5.81. The fourth-order valence-corrected chi connectivity index (χ4v) is 2.21. The SMILES string of the molecule is C[C@H](CNC(=O)CN(C)c1ccccc1)c1ccccc1. The monoisotopic (exact) mass is 282 g/mol. The number of rotatable bonds is 6. The van der Waals surface area contributed by atoms with E-state index in [0.717, 1.165) is 5.69 Å². The maximum atomic E-state index is 12.0. The smallest absolute Gasteiger partial charge is 0.239 e. The van der Waals surface area contributed by atoms with Crippen LogP contribution in [-0.2, 0) is 4.79 Å². The third-order valence-corrected chi connectivity index (χ3v) is 3.55. The molecule has 1 N–H and O–H groups in total. The molecule has 0 heterocycles. The van der Waals surface area contributed by atoms with Gasteiger partial charge in [-0.1, -0.05) is 55.5 Å². The Morgan fingerprint density at radius 2 is 1.62 bits per heavy atom. The van der Waals surface area contributed by atoms with Gasteiger partial charge >= 0.3 is 0 Å². The molecule has 0 fully saturated rings. The summed E-state index contributed by atoms with van der Waals surface area (Å²) in [4.78, 5) is 14.0. The molecule has 2 rings (SSSR count). The third-order valence-electron chi connectivity index (χ3n) is 3.55. The van der Waals surface area contributed by atoms with Crippen molar-refractivity contribution in [3.05, 3.63) is 66.2 Å². The highest BCUT2D eigenvalue weighted by Gasteiger charge is 2.09. The van der Waals surface area contributed by atoms with E-state index in [1.165, 1.54) is 5.56 Å². The number of carbonyl (C=O) groups excluding carboxylic acids is 1. The second-order valence-corrected chi connectivity index (χ2v) is 5.31. The van der Waals surface area contributed by atoms with Crippen LogP contribution in [0.15, 0.2) is 60.7 Å². The van der Waals surface area contributed by atoms with Crippen molar-refractivity contribution in [1.29, 1.82) is 0 Å². The largest absolute Gasteiger partial charge is 0.365 e. The quantitative estimate of drug-likeness (QED) is 0.883. The molecule has 2 aromatic rings. The number of hydrogen-bond acceptors (Lipinski definition) is 2. The lowest BCUT2D eigenvalue weighted by molar-refractivity contribution is -0.119. The van der Waals surface area contributed by atoms with Gasteiger partial charge in [0, 0.05) is 19.3 Å². The van der Waals surface area contributed by atoms with Gasteiger partial charge in [-0.15, -0.1) is 0 Å².